The van der Waals surface area contributed by atoms with Crippen molar-refractivity contribution in [2.45, 2.75) is 0 Å². The van der Waals surface area contributed by atoms with E-state index in [2.05, 4.69) is 15.4 Å². The Labute approximate surface area is 103 Å². The molecule has 0 atom stereocenters. The van der Waals surface area contributed by atoms with E-state index in [9.17, 15) is 0 Å². The van der Waals surface area contributed by atoms with Crippen LogP contribution in [0.1, 0.15) is 5.69 Å². The fourth-order valence-corrected chi connectivity index (χ4v) is 3.63. The van der Waals surface area contributed by atoms with Gasteiger partial charge >= 0.3 is 0 Å². The number of hydrogen-bond donors (Lipinski definition) is 0. The van der Waals surface area contributed by atoms with Crippen molar-refractivity contribution < 1.29 is 0 Å². The van der Waals surface area contributed by atoms with Crippen LogP contribution >= 0.6 is 23.5 Å². The van der Waals surface area contributed by atoms with Crippen molar-refractivity contribution in [3.63, 3.8) is 0 Å². The summed E-state index contributed by atoms with van der Waals surface area (Å²) in [6, 6.07) is 7.98. The van der Waals surface area contributed by atoms with Crippen LogP contribution in [0, 0.1) is 0 Å². The molecule has 2 nitrogen and oxygen atoms in total. The van der Waals surface area contributed by atoms with Gasteiger partial charge in [0.05, 0.1) is 22.9 Å². The van der Waals surface area contributed by atoms with Gasteiger partial charge in [-0.2, -0.15) is 0 Å². The third-order valence-electron chi connectivity index (χ3n) is 2.35. The monoisotopic (exact) mass is 246 g/mol. The molecule has 1 aliphatic heterocycles. The predicted octanol–water partition coefficient (Wildman–Crippen LogP) is 3.41. The van der Waals surface area contributed by atoms with Gasteiger partial charge in [0.25, 0.3) is 0 Å². The van der Waals surface area contributed by atoms with E-state index in [1.54, 1.807) is 0 Å². The van der Waals surface area contributed by atoms with Gasteiger partial charge in [-0.25, -0.2) is 4.98 Å². The van der Waals surface area contributed by atoms with Crippen LogP contribution in [-0.4, -0.2) is 21.5 Å². The highest BCUT2D eigenvalue weighted by atomic mass is 32.2. The first-order chi connectivity index (χ1) is 7.93. The Hall–Kier alpha value is -1.000. The average Bonchev–Trinajstić information content (AvgIpc) is 2.39. The van der Waals surface area contributed by atoms with Crippen molar-refractivity contribution in [3.05, 3.63) is 41.6 Å². The number of benzene rings is 1. The molecule has 0 amide bonds. The number of rotatable bonds is 1. The first kappa shape index (κ1) is 10.2. The molecule has 0 N–H and O–H groups in total. The predicted molar refractivity (Wildman–Crippen MR) is 72.4 cm³/mol. The fraction of sp³-hybridized carbons (Fsp3) is 0.167. The molecule has 0 unspecified atom stereocenters. The Bertz CT molecular complexity index is 551. The van der Waals surface area contributed by atoms with Crippen molar-refractivity contribution in [1.29, 1.82) is 0 Å². The highest BCUT2D eigenvalue weighted by Gasteiger charge is 2.09. The van der Waals surface area contributed by atoms with E-state index in [1.165, 1.54) is 10.7 Å². The van der Waals surface area contributed by atoms with Crippen LogP contribution in [-0.2, 0) is 0 Å². The van der Waals surface area contributed by atoms with E-state index in [4.69, 9.17) is 0 Å². The minimum atomic E-state index is 0.959. The minimum absolute atomic E-state index is 0.959. The lowest BCUT2D eigenvalue weighted by Crippen LogP contribution is -1.95. The molecule has 0 saturated carbocycles. The molecule has 0 aliphatic carbocycles. The third kappa shape index (κ3) is 1.95. The molecule has 0 bridgehead atoms. The van der Waals surface area contributed by atoms with Crippen LogP contribution in [0.4, 0.5) is 0 Å². The molecule has 3 rings (SSSR count). The number of aromatic nitrogens is 2. The summed E-state index contributed by atoms with van der Waals surface area (Å²) in [5.74, 6) is 2.35. The van der Waals surface area contributed by atoms with Gasteiger partial charge in [-0.1, -0.05) is 12.1 Å². The van der Waals surface area contributed by atoms with Crippen molar-refractivity contribution >= 4 is 39.5 Å². The topological polar surface area (TPSA) is 25.8 Å². The van der Waals surface area contributed by atoms with Crippen molar-refractivity contribution in [1.82, 2.24) is 9.97 Å². The van der Waals surface area contributed by atoms with Crippen LogP contribution < -0.4 is 0 Å². The van der Waals surface area contributed by atoms with Gasteiger partial charge < -0.3 is 0 Å². The molecule has 0 radical (unpaired) electrons. The lowest BCUT2D eigenvalue weighted by atomic mass is 10.3. The first-order valence-corrected chi connectivity index (χ1v) is 7.14. The zero-order chi connectivity index (χ0) is 10.8. The average molecular weight is 246 g/mol. The second kappa shape index (κ2) is 4.47. The van der Waals surface area contributed by atoms with Crippen LogP contribution in [0.25, 0.3) is 15.9 Å². The molecule has 2 heterocycles. The van der Waals surface area contributed by atoms with E-state index >= 15 is 0 Å². The van der Waals surface area contributed by atoms with Gasteiger partial charge in [0.1, 0.15) is 0 Å². The molecule has 0 saturated heterocycles. The maximum Gasteiger partial charge on any atom is 0.0961 e. The number of nitrogens with zero attached hydrogens (tertiary/aromatic N) is 2. The quantitative estimate of drug-likeness (QED) is 0.770. The zero-order valence-corrected chi connectivity index (χ0v) is 10.2. The maximum absolute atomic E-state index is 4.63. The van der Waals surface area contributed by atoms with Crippen LogP contribution in [0.2, 0.25) is 0 Å². The summed E-state index contributed by atoms with van der Waals surface area (Å²) in [4.78, 5) is 10.3. The summed E-state index contributed by atoms with van der Waals surface area (Å²) in [6.45, 7) is 0. The van der Waals surface area contributed by atoms with E-state index in [0.29, 0.717) is 0 Å². The Kier molecular flexibility index (Phi) is 2.84. The summed E-state index contributed by atoms with van der Waals surface area (Å²) in [5.41, 5.74) is 2.92. The highest BCUT2D eigenvalue weighted by molar-refractivity contribution is 8.13. The number of thioether (sulfide) groups is 2. The van der Waals surface area contributed by atoms with E-state index < -0.39 is 0 Å². The van der Waals surface area contributed by atoms with E-state index in [-0.39, 0.29) is 0 Å². The Morgan fingerprint density at radius 1 is 1.06 bits per heavy atom. The number of para-hydroxylation sites is 2. The molecular formula is C12H10N2S2. The molecule has 1 aromatic carbocycles. The van der Waals surface area contributed by atoms with Crippen LogP contribution in [0.5, 0.6) is 0 Å². The highest BCUT2D eigenvalue weighted by Crippen LogP contribution is 2.33. The fourth-order valence-electron chi connectivity index (χ4n) is 1.58. The Balaban J connectivity index is 2.07. The van der Waals surface area contributed by atoms with E-state index in [0.717, 1.165) is 22.5 Å². The lowest BCUT2D eigenvalue weighted by Gasteiger charge is -2.11. The van der Waals surface area contributed by atoms with Gasteiger partial charge in [-0.15, -0.1) is 23.5 Å². The van der Waals surface area contributed by atoms with Gasteiger partial charge in [0.2, 0.25) is 0 Å². The summed E-state index contributed by atoms with van der Waals surface area (Å²) >= 11 is 3.72. The summed E-state index contributed by atoms with van der Waals surface area (Å²) in [6.07, 6.45) is 1.87. The first-order valence-electron chi connectivity index (χ1n) is 5.10. The number of hydrogen-bond acceptors (Lipinski definition) is 4. The maximum atomic E-state index is 4.63. The summed E-state index contributed by atoms with van der Waals surface area (Å²) < 4.78 is 0. The number of fused-ring (bicyclic) bond motifs is 1. The van der Waals surface area contributed by atoms with Gasteiger partial charge in [-0.05, 0) is 17.5 Å². The minimum Gasteiger partial charge on any atom is -0.252 e. The molecule has 80 valence electrons. The SMILES string of the molecule is C1=C(c2cnc3ccccc3n2)SCCS1. The molecule has 4 heteroatoms. The molecule has 0 fully saturated rings. The van der Waals surface area contributed by atoms with Crippen molar-refractivity contribution in [3.8, 4) is 0 Å². The third-order valence-corrected chi connectivity index (χ3v) is 4.65. The normalized spacial score (nSPS) is 16.1. The summed E-state index contributed by atoms with van der Waals surface area (Å²) in [7, 11) is 0. The standard InChI is InChI=1S/C12H10N2S2/c1-2-4-10-9(3-1)13-7-11(14-10)12-8-15-5-6-16-12/h1-4,7-8H,5-6H2. The van der Waals surface area contributed by atoms with Crippen molar-refractivity contribution in [2.75, 3.05) is 11.5 Å². The van der Waals surface area contributed by atoms with Crippen molar-refractivity contribution in [2.24, 2.45) is 0 Å². The lowest BCUT2D eigenvalue weighted by molar-refractivity contribution is 1.26. The Morgan fingerprint density at radius 3 is 2.75 bits per heavy atom. The molecule has 1 aromatic heterocycles. The molecule has 1 aliphatic rings. The zero-order valence-electron chi connectivity index (χ0n) is 8.59. The molecule has 0 spiro atoms. The molecule has 2 aromatic rings. The van der Waals surface area contributed by atoms with Gasteiger partial charge in [0, 0.05) is 16.4 Å². The van der Waals surface area contributed by atoms with Crippen LogP contribution in [0.15, 0.2) is 35.9 Å². The largest absolute Gasteiger partial charge is 0.252 e. The van der Waals surface area contributed by atoms with Crippen LogP contribution in [0.3, 0.4) is 0 Å². The second-order valence-electron chi connectivity index (χ2n) is 3.45. The van der Waals surface area contributed by atoms with Gasteiger partial charge in [0.15, 0.2) is 0 Å². The smallest absolute Gasteiger partial charge is 0.0961 e. The Morgan fingerprint density at radius 2 is 1.94 bits per heavy atom. The second-order valence-corrected chi connectivity index (χ2v) is 5.56. The molecular weight excluding hydrogens is 236 g/mol. The van der Waals surface area contributed by atoms with E-state index in [1.807, 2.05) is 54.0 Å². The summed E-state index contributed by atoms with van der Waals surface area (Å²) in [5, 5.41) is 2.19. The van der Waals surface area contributed by atoms with Gasteiger partial charge in [-0.3, -0.25) is 4.98 Å². The molecule has 16 heavy (non-hydrogen) atoms.